The predicted molar refractivity (Wildman–Crippen MR) is 109 cm³/mol. The minimum Gasteiger partial charge on any atom is -0.378 e. The molecule has 0 unspecified atom stereocenters. The van der Waals surface area contributed by atoms with Gasteiger partial charge in [-0.1, -0.05) is 11.6 Å². The third-order valence-corrected chi connectivity index (χ3v) is 6.95. The van der Waals surface area contributed by atoms with Crippen molar-refractivity contribution in [2.45, 2.75) is 24.3 Å². The average Bonchev–Trinajstić information content (AvgIpc) is 3.35. The zero-order valence-electron chi connectivity index (χ0n) is 15.3. The average molecular weight is 436 g/mol. The fourth-order valence-corrected chi connectivity index (χ4v) is 5.21. The van der Waals surface area contributed by atoms with E-state index in [0.29, 0.717) is 35.1 Å². The second-order valence-electron chi connectivity index (χ2n) is 6.75. The largest absolute Gasteiger partial charge is 0.378 e. The molecular weight excluding hydrogens is 418 g/mol. The molecule has 1 saturated heterocycles. The lowest BCUT2D eigenvalue weighted by Crippen LogP contribution is -2.28. The maximum atomic E-state index is 13.0. The molecule has 152 valence electrons. The molecule has 0 radical (unpaired) electrons. The van der Waals surface area contributed by atoms with E-state index in [1.165, 1.54) is 16.4 Å². The summed E-state index contributed by atoms with van der Waals surface area (Å²) in [6, 6.07) is 7.33. The summed E-state index contributed by atoms with van der Waals surface area (Å²) in [5.41, 5.74) is 1.42. The van der Waals surface area contributed by atoms with E-state index in [0.717, 1.165) is 18.9 Å². The third-order valence-electron chi connectivity index (χ3n) is 4.78. The molecule has 0 atom stereocenters. The normalized spacial score (nSPS) is 15.1. The van der Waals surface area contributed by atoms with Crippen LogP contribution >= 0.6 is 11.6 Å². The van der Waals surface area contributed by atoms with Crippen LogP contribution in [0, 0.1) is 10.1 Å². The van der Waals surface area contributed by atoms with Crippen LogP contribution in [-0.2, 0) is 16.6 Å². The summed E-state index contributed by atoms with van der Waals surface area (Å²) in [5, 5.41) is 14.8. The third kappa shape index (κ3) is 3.91. The van der Waals surface area contributed by atoms with E-state index >= 15 is 0 Å². The number of fused-ring (bicyclic) bond motifs is 1. The van der Waals surface area contributed by atoms with Crippen LogP contribution < -0.4 is 5.32 Å². The Bertz CT molecular complexity index is 1190. The van der Waals surface area contributed by atoms with Crippen LogP contribution in [0.1, 0.15) is 18.5 Å². The smallest absolute Gasteiger partial charge is 0.270 e. The summed E-state index contributed by atoms with van der Waals surface area (Å²) < 4.78 is 29.2. The Morgan fingerprint density at radius 1 is 1.17 bits per heavy atom. The van der Waals surface area contributed by atoms with Crippen molar-refractivity contribution in [1.82, 2.24) is 13.7 Å². The minimum atomic E-state index is -3.84. The highest BCUT2D eigenvalue weighted by atomic mass is 35.5. The van der Waals surface area contributed by atoms with E-state index in [9.17, 15) is 18.5 Å². The predicted octanol–water partition coefficient (Wildman–Crippen LogP) is 3.29. The SMILES string of the molecule is O=[N+]([O-])c1ccc(NCc2cn3cc(Cl)ccc3n2)c(S(=O)(=O)N2CCCC2)c1. The second-order valence-corrected chi connectivity index (χ2v) is 9.09. The molecule has 0 aliphatic carbocycles. The minimum absolute atomic E-state index is 0.0968. The summed E-state index contributed by atoms with van der Waals surface area (Å²) in [5.74, 6) is 0. The van der Waals surface area contributed by atoms with Gasteiger partial charge in [0.1, 0.15) is 10.5 Å². The molecular formula is C18H18ClN5O4S. The van der Waals surface area contributed by atoms with Crippen LogP contribution in [0.5, 0.6) is 0 Å². The van der Waals surface area contributed by atoms with Gasteiger partial charge in [-0.05, 0) is 31.0 Å². The standard InChI is InChI=1S/C18H18ClN5O4S/c19-13-3-6-18-21-14(12-22(18)11-13)10-20-16-5-4-15(24(25)26)9-17(16)29(27,28)23-7-1-2-8-23/h3-6,9,11-12,20H,1-2,7-8,10H2. The van der Waals surface area contributed by atoms with E-state index in [1.54, 1.807) is 28.9 Å². The molecule has 1 N–H and O–H groups in total. The van der Waals surface area contributed by atoms with Crippen LogP contribution in [-0.4, -0.2) is 40.1 Å². The summed E-state index contributed by atoms with van der Waals surface area (Å²) in [6.45, 7) is 1.08. The van der Waals surface area contributed by atoms with Crippen molar-refractivity contribution in [3.8, 4) is 0 Å². The highest BCUT2D eigenvalue weighted by Crippen LogP contribution is 2.31. The van der Waals surface area contributed by atoms with Crippen molar-refractivity contribution in [1.29, 1.82) is 0 Å². The topological polar surface area (TPSA) is 110 Å². The number of benzene rings is 1. The molecule has 4 rings (SSSR count). The highest BCUT2D eigenvalue weighted by molar-refractivity contribution is 7.89. The second kappa shape index (κ2) is 7.62. The lowest BCUT2D eigenvalue weighted by atomic mass is 10.2. The number of anilines is 1. The van der Waals surface area contributed by atoms with Crippen LogP contribution in [0.2, 0.25) is 5.02 Å². The van der Waals surface area contributed by atoms with Gasteiger partial charge in [0.25, 0.3) is 5.69 Å². The van der Waals surface area contributed by atoms with E-state index in [1.807, 2.05) is 0 Å². The molecule has 9 nitrogen and oxygen atoms in total. The lowest BCUT2D eigenvalue weighted by Gasteiger charge is -2.18. The number of nitro benzene ring substituents is 1. The zero-order chi connectivity index (χ0) is 20.6. The van der Waals surface area contributed by atoms with Gasteiger partial charge in [-0.15, -0.1) is 0 Å². The number of hydrogen-bond donors (Lipinski definition) is 1. The summed E-state index contributed by atoms with van der Waals surface area (Å²) in [4.78, 5) is 14.9. The van der Waals surface area contributed by atoms with Gasteiger partial charge < -0.3 is 9.72 Å². The van der Waals surface area contributed by atoms with Crippen molar-refractivity contribution in [2.24, 2.45) is 0 Å². The van der Waals surface area contributed by atoms with E-state index in [4.69, 9.17) is 11.6 Å². The molecule has 29 heavy (non-hydrogen) atoms. The number of halogens is 1. The number of pyridine rings is 1. The fourth-order valence-electron chi connectivity index (χ4n) is 3.34. The first kappa shape index (κ1) is 19.6. The van der Waals surface area contributed by atoms with Gasteiger partial charge in [0, 0.05) is 37.6 Å². The van der Waals surface area contributed by atoms with E-state index in [2.05, 4.69) is 10.3 Å². The monoisotopic (exact) mass is 435 g/mol. The first-order chi connectivity index (χ1) is 13.8. The van der Waals surface area contributed by atoms with Gasteiger partial charge in [0.15, 0.2) is 0 Å². The Balaban J connectivity index is 1.65. The number of hydrogen-bond acceptors (Lipinski definition) is 6. The lowest BCUT2D eigenvalue weighted by molar-refractivity contribution is -0.385. The fraction of sp³-hybridized carbons (Fsp3) is 0.278. The molecule has 11 heteroatoms. The number of non-ortho nitro benzene ring substituents is 1. The van der Waals surface area contributed by atoms with Crippen LogP contribution in [0.4, 0.5) is 11.4 Å². The quantitative estimate of drug-likeness (QED) is 0.470. The van der Waals surface area contributed by atoms with Gasteiger partial charge in [-0.25, -0.2) is 13.4 Å². The Kier molecular flexibility index (Phi) is 5.15. The molecule has 1 aromatic carbocycles. The summed E-state index contributed by atoms with van der Waals surface area (Å²) >= 11 is 5.98. The zero-order valence-corrected chi connectivity index (χ0v) is 16.9. The first-order valence-electron chi connectivity index (χ1n) is 9.00. The van der Waals surface area contributed by atoms with Crippen molar-refractivity contribution < 1.29 is 13.3 Å². The summed E-state index contributed by atoms with van der Waals surface area (Å²) in [6.07, 6.45) is 5.07. The maximum absolute atomic E-state index is 13.0. The summed E-state index contributed by atoms with van der Waals surface area (Å²) in [7, 11) is -3.84. The Hall–Kier alpha value is -2.69. The number of nitrogens with one attached hydrogen (secondary N) is 1. The number of rotatable bonds is 6. The molecule has 0 saturated carbocycles. The molecule has 0 bridgehead atoms. The van der Waals surface area contributed by atoms with Gasteiger partial charge in [0.05, 0.1) is 27.9 Å². The Morgan fingerprint density at radius 3 is 2.66 bits per heavy atom. The van der Waals surface area contributed by atoms with Gasteiger partial charge in [0.2, 0.25) is 10.0 Å². The van der Waals surface area contributed by atoms with Crippen molar-refractivity contribution in [3.05, 3.63) is 63.6 Å². The maximum Gasteiger partial charge on any atom is 0.270 e. The van der Waals surface area contributed by atoms with Crippen LogP contribution in [0.15, 0.2) is 47.6 Å². The number of imidazole rings is 1. The molecule has 2 aromatic heterocycles. The molecule has 1 aliphatic rings. The van der Waals surface area contributed by atoms with E-state index in [-0.39, 0.29) is 17.1 Å². The molecule has 3 heterocycles. The van der Waals surface area contributed by atoms with Crippen molar-refractivity contribution >= 4 is 38.6 Å². The molecule has 1 aliphatic heterocycles. The molecule has 1 fully saturated rings. The van der Waals surface area contributed by atoms with Crippen LogP contribution in [0.25, 0.3) is 5.65 Å². The van der Waals surface area contributed by atoms with Gasteiger partial charge in [-0.3, -0.25) is 10.1 Å². The van der Waals surface area contributed by atoms with Gasteiger partial charge in [-0.2, -0.15) is 4.31 Å². The first-order valence-corrected chi connectivity index (χ1v) is 10.8. The Morgan fingerprint density at radius 2 is 1.93 bits per heavy atom. The van der Waals surface area contributed by atoms with Crippen LogP contribution in [0.3, 0.4) is 0 Å². The molecule has 3 aromatic rings. The highest BCUT2D eigenvalue weighted by Gasteiger charge is 2.31. The number of nitrogens with zero attached hydrogens (tertiary/aromatic N) is 4. The number of nitro groups is 1. The van der Waals surface area contributed by atoms with Crippen molar-refractivity contribution in [3.63, 3.8) is 0 Å². The van der Waals surface area contributed by atoms with E-state index < -0.39 is 14.9 Å². The number of sulfonamides is 1. The molecule has 0 amide bonds. The van der Waals surface area contributed by atoms with Crippen molar-refractivity contribution in [2.75, 3.05) is 18.4 Å². The van der Waals surface area contributed by atoms with Gasteiger partial charge >= 0.3 is 0 Å². The molecule has 0 spiro atoms. The number of aromatic nitrogens is 2. The Labute approximate surface area is 172 Å².